The molecule has 0 amide bonds. The van der Waals surface area contributed by atoms with E-state index in [1.807, 2.05) is 36.4 Å². The number of phenolic OH excluding ortho intramolecular Hbond substituents is 1. The third-order valence-corrected chi connectivity index (χ3v) is 2.47. The molecular formula is C13H12ClNO. The third kappa shape index (κ3) is 2.91. The van der Waals surface area contributed by atoms with Gasteiger partial charge in [-0.15, -0.1) is 0 Å². The maximum Gasteiger partial charge on any atom is 0.115 e. The number of hydrogen-bond acceptors (Lipinski definition) is 2. The highest BCUT2D eigenvalue weighted by Crippen LogP contribution is 2.17. The van der Waals surface area contributed by atoms with Crippen molar-refractivity contribution >= 4 is 17.3 Å². The Hall–Kier alpha value is -1.67. The van der Waals surface area contributed by atoms with Crippen molar-refractivity contribution in [2.45, 2.75) is 6.54 Å². The molecule has 0 aliphatic heterocycles. The van der Waals surface area contributed by atoms with Gasteiger partial charge in [0.15, 0.2) is 0 Å². The molecule has 2 aromatic carbocycles. The second-order valence-electron chi connectivity index (χ2n) is 3.53. The number of rotatable bonds is 3. The molecule has 0 radical (unpaired) electrons. The van der Waals surface area contributed by atoms with Crippen molar-refractivity contribution in [2.24, 2.45) is 0 Å². The summed E-state index contributed by atoms with van der Waals surface area (Å²) >= 11 is 5.87. The Balaban J connectivity index is 2.02. The van der Waals surface area contributed by atoms with E-state index in [1.165, 1.54) is 0 Å². The molecule has 0 unspecified atom stereocenters. The van der Waals surface area contributed by atoms with Crippen LogP contribution in [0.4, 0.5) is 5.69 Å². The largest absolute Gasteiger partial charge is 0.508 e. The summed E-state index contributed by atoms with van der Waals surface area (Å²) in [6, 6.07) is 14.7. The van der Waals surface area contributed by atoms with E-state index < -0.39 is 0 Å². The van der Waals surface area contributed by atoms with Crippen LogP contribution in [0.15, 0.2) is 48.5 Å². The van der Waals surface area contributed by atoms with Gasteiger partial charge in [0.05, 0.1) is 0 Å². The van der Waals surface area contributed by atoms with Gasteiger partial charge in [0.2, 0.25) is 0 Å². The van der Waals surface area contributed by atoms with Gasteiger partial charge in [0.25, 0.3) is 0 Å². The van der Waals surface area contributed by atoms with Crippen molar-refractivity contribution < 1.29 is 5.11 Å². The van der Waals surface area contributed by atoms with Crippen LogP contribution in [0.3, 0.4) is 0 Å². The van der Waals surface area contributed by atoms with Crippen LogP contribution in [0, 0.1) is 0 Å². The first kappa shape index (κ1) is 10.8. The summed E-state index contributed by atoms with van der Waals surface area (Å²) in [5.74, 6) is 0.283. The molecule has 0 aliphatic carbocycles. The van der Waals surface area contributed by atoms with Crippen molar-refractivity contribution in [3.63, 3.8) is 0 Å². The minimum absolute atomic E-state index is 0.283. The van der Waals surface area contributed by atoms with Crippen molar-refractivity contribution in [3.05, 3.63) is 59.1 Å². The van der Waals surface area contributed by atoms with E-state index in [-0.39, 0.29) is 5.75 Å². The fraction of sp³-hybridized carbons (Fsp3) is 0.0769. The second-order valence-corrected chi connectivity index (χ2v) is 3.97. The van der Waals surface area contributed by atoms with Gasteiger partial charge in [-0.25, -0.2) is 0 Å². The predicted molar refractivity (Wildman–Crippen MR) is 66.9 cm³/mol. The van der Waals surface area contributed by atoms with Gasteiger partial charge in [0.1, 0.15) is 5.75 Å². The van der Waals surface area contributed by atoms with Crippen LogP contribution >= 0.6 is 11.6 Å². The smallest absolute Gasteiger partial charge is 0.115 e. The summed E-state index contributed by atoms with van der Waals surface area (Å²) in [5.41, 5.74) is 2.00. The van der Waals surface area contributed by atoms with Gasteiger partial charge in [0, 0.05) is 17.3 Å². The van der Waals surface area contributed by atoms with Gasteiger partial charge >= 0.3 is 0 Å². The molecule has 0 atom stereocenters. The van der Waals surface area contributed by atoms with Crippen molar-refractivity contribution in [3.8, 4) is 5.75 Å². The van der Waals surface area contributed by atoms with E-state index >= 15 is 0 Å². The monoisotopic (exact) mass is 233 g/mol. The van der Waals surface area contributed by atoms with E-state index in [1.54, 1.807) is 12.1 Å². The quantitative estimate of drug-likeness (QED) is 0.848. The fourth-order valence-corrected chi connectivity index (χ4v) is 1.66. The number of phenols is 1. The van der Waals surface area contributed by atoms with E-state index in [9.17, 15) is 5.11 Å². The molecule has 0 heterocycles. The molecule has 0 aromatic heterocycles. The standard InChI is InChI=1S/C13H12ClNO/c14-11-4-2-5-12(8-11)15-9-10-3-1-6-13(16)7-10/h1-8,15-16H,9H2. The van der Waals surface area contributed by atoms with Gasteiger partial charge in [-0.2, -0.15) is 0 Å². The van der Waals surface area contributed by atoms with Crippen molar-refractivity contribution in [2.75, 3.05) is 5.32 Å². The summed E-state index contributed by atoms with van der Waals surface area (Å²) in [6.45, 7) is 0.661. The molecule has 2 nitrogen and oxygen atoms in total. The fourth-order valence-electron chi connectivity index (χ4n) is 1.47. The zero-order chi connectivity index (χ0) is 11.4. The Labute approximate surface area is 99.5 Å². The van der Waals surface area contributed by atoms with E-state index in [4.69, 9.17) is 11.6 Å². The number of anilines is 1. The normalized spacial score (nSPS) is 10.1. The molecule has 0 saturated carbocycles. The van der Waals surface area contributed by atoms with Crippen molar-refractivity contribution in [1.82, 2.24) is 0 Å². The predicted octanol–water partition coefficient (Wildman–Crippen LogP) is 3.66. The molecule has 82 valence electrons. The Morgan fingerprint density at radius 1 is 1.06 bits per heavy atom. The summed E-state index contributed by atoms with van der Waals surface area (Å²) in [7, 11) is 0. The number of hydrogen-bond donors (Lipinski definition) is 2. The number of aromatic hydroxyl groups is 1. The van der Waals surface area contributed by atoms with Crippen LogP contribution in [-0.2, 0) is 6.54 Å². The molecule has 0 bridgehead atoms. The lowest BCUT2D eigenvalue weighted by molar-refractivity contribution is 0.474. The zero-order valence-electron chi connectivity index (χ0n) is 8.65. The highest BCUT2D eigenvalue weighted by molar-refractivity contribution is 6.30. The first-order valence-corrected chi connectivity index (χ1v) is 5.39. The molecule has 0 spiro atoms. The molecular weight excluding hydrogens is 222 g/mol. The van der Waals surface area contributed by atoms with Gasteiger partial charge < -0.3 is 10.4 Å². The Morgan fingerprint density at radius 2 is 1.88 bits per heavy atom. The molecule has 2 N–H and O–H groups in total. The van der Waals surface area contributed by atoms with Gasteiger partial charge in [-0.05, 0) is 35.9 Å². The highest BCUT2D eigenvalue weighted by Gasteiger charge is 1.96. The lowest BCUT2D eigenvalue weighted by atomic mass is 10.2. The summed E-state index contributed by atoms with van der Waals surface area (Å²) in [5, 5.41) is 13.2. The Morgan fingerprint density at radius 3 is 2.62 bits per heavy atom. The molecule has 16 heavy (non-hydrogen) atoms. The van der Waals surface area contributed by atoms with Crippen LogP contribution in [0.2, 0.25) is 5.02 Å². The summed E-state index contributed by atoms with van der Waals surface area (Å²) in [4.78, 5) is 0. The number of halogens is 1. The topological polar surface area (TPSA) is 32.3 Å². The summed E-state index contributed by atoms with van der Waals surface area (Å²) < 4.78 is 0. The average Bonchev–Trinajstić information content (AvgIpc) is 2.27. The zero-order valence-corrected chi connectivity index (χ0v) is 9.41. The summed E-state index contributed by atoms with van der Waals surface area (Å²) in [6.07, 6.45) is 0. The van der Waals surface area contributed by atoms with Crippen molar-refractivity contribution in [1.29, 1.82) is 0 Å². The van der Waals surface area contributed by atoms with Crippen LogP contribution in [-0.4, -0.2) is 5.11 Å². The number of nitrogens with one attached hydrogen (secondary N) is 1. The van der Waals surface area contributed by atoms with Crippen LogP contribution in [0.1, 0.15) is 5.56 Å². The van der Waals surface area contributed by atoms with Gasteiger partial charge in [-0.1, -0.05) is 29.8 Å². The Bertz CT molecular complexity index is 439. The lowest BCUT2D eigenvalue weighted by Crippen LogP contribution is -1.98. The second kappa shape index (κ2) is 4.90. The van der Waals surface area contributed by atoms with E-state index in [0.717, 1.165) is 11.3 Å². The maximum absolute atomic E-state index is 9.31. The third-order valence-electron chi connectivity index (χ3n) is 2.23. The molecule has 3 heteroatoms. The lowest BCUT2D eigenvalue weighted by Gasteiger charge is -2.06. The van der Waals surface area contributed by atoms with E-state index in [2.05, 4.69) is 5.32 Å². The maximum atomic E-state index is 9.31. The molecule has 0 saturated heterocycles. The first-order valence-electron chi connectivity index (χ1n) is 5.01. The number of benzene rings is 2. The minimum atomic E-state index is 0.283. The average molecular weight is 234 g/mol. The first-order chi connectivity index (χ1) is 7.74. The SMILES string of the molecule is Oc1cccc(CNc2cccc(Cl)c2)c1. The minimum Gasteiger partial charge on any atom is -0.508 e. The molecule has 2 rings (SSSR count). The highest BCUT2D eigenvalue weighted by atomic mass is 35.5. The van der Waals surface area contributed by atoms with Gasteiger partial charge in [-0.3, -0.25) is 0 Å². The van der Waals surface area contributed by atoms with E-state index in [0.29, 0.717) is 11.6 Å². The molecule has 0 aliphatic rings. The van der Waals surface area contributed by atoms with Crippen LogP contribution in [0.5, 0.6) is 5.75 Å². The molecule has 0 fully saturated rings. The Kier molecular flexibility index (Phi) is 3.32. The molecule has 2 aromatic rings. The van der Waals surface area contributed by atoms with Crippen LogP contribution in [0.25, 0.3) is 0 Å². The van der Waals surface area contributed by atoms with Crippen LogP contribution < -0.4 is 5.32 Å².